The summed E-state index contributed by atoms with van der Waals surface area (Å²) in [5, 5.41) is 4.45. The molecule has 1 aromatic rings. The molecular weight excluding hydrogens is 266 g/mol. The summed E-state index contributed by atoms with van der Waals surface area (Å²) < 4.78 is 5.49. The maximum Gasteiger partial charge on any atom is 0.0468 e. The summed E-state index contributed by atoms with van der Waals surface area (Å²) in [5.74, 6) is 0.845. The second-order valence-corrected chi connectivity index (χ2v) is 7.20. The minimum atomic E-state index is 0.639. The minimum absolute atomic E-state index is 0.639. The molecule has 0 aliphatic carbocycles. The van der Waals surface area contributed by atoms with E-state index in [4.69, 9.17) is 4.74 Å². The molecule has 0 spiro atoms. The molecule has 3 heteroatoms. The van der Waals surface area contributed by atoms with Crippen LogP contribution in [0.3, 0.4) is 0 Å². The van der Waals surface area contributed by atoms with E-state index in [0.29, 0.717) is 11.3 Å². The molecule has 110 valence electrons. The van der Waals surface area contributed by atoms with Crippen molar-refractivity contribution in [3.63, 3.8) is 0 Å². The van der Waals surface area contributed by atoms with Gasteiger partial charge in [0.15, 0.2) is 0 Å². The first kappa shape index (κ1) is 14.4. The second kappa shape index (κ2) is 6.97. The lowest BCUT2D eigenvalue weighted by Gasteiger charge is -2.30. The van der Waals surface area contributed by atoms with Gasteiger partial charge in [0.2, 0.25) is 0 Å². The van der Waals surface area contributed by atoms with E-state index >= 15 is 0 Å². The van der Waals surface area contributed by atoms with E-state index in [0.717, 1.165) is 25.7 Å². The topological polar surface area (TPSA) is 21.3 Å². The maximum atomic E-state index is 5.49. The number of hydrogen-bond donors (Lipinski definition) is 1. The molecule has 20 heavy (non-hydrogen) atoms. The van der Waals surface area contributed by atoms with Crippen molar-refractivity contribution in [1.82, 2.24) is 5.32 Å². The van der Waals surface area contributed by atoms with Crippen LogP contribution in [0.25, 0.3) is 0 Å². The fourth-order valence-electron chi connectivity index (χ4n) is 3.40. The number of thioether (sulfide) groups is 1. The predicted molar refractivity (Wildman–Crippen MR) is 85.4 cm³/mol. The Morgan fingerprint density at radius 1 is 1.30 bits per heavy atom. The zero-order chi connectivity index (χ0) is 13.8. The highest BCUT2D eigenvalue weighted by Gasteiger charge is 2.30. The summed E-state index contributed by atoms with van der Waals surface area (Å²) in [6.45, 7) is 5.22. The van der Waals surface area contributed by atoms with E-state index in [2.05, 4.69) is 48.3 Å². The summed E-state index contributed by atoms with van der Waals surface area (Å²) in [7, 11) is 0. The lowest BCUT2D eigenvalue weighted by Crippen LogP contribution is -2.40. The second-order valence-electron chi connectivity index (χ2n) is 5.92. The maximum absolute atomic E-state index is 5.49. The van der Waals surface area contributed by atoms with E-state index in [1.807, 2.05) is 0 Å². The van der Waals surface area contributed by atoms with Crippen LogP contribution in [0.15, 0.2) is 29.2 Å². The molecule has 0 amide bonds. The third-order valence-electron chi connectivity index (χ3n) is 4.52. The van der Waals surface area contributed by atoms with Crippen molar-refractivity contribution < 1.29 is 4.74 Å². The predicted octanol–water partition coefficient (Wildman–Crippen LogP) is 3.50. The fourth-order valence-corrected chi connectivity index (χ4v) is 4.82. The molecule has 2 aliphatic rings. The molecule has 1 saturated heterocycles. The molecule has 0 bridgehead atoms. The van der Waals surface area contributed by atoms with Gasteiger partial charge in [-0.1, -0.05) is 25.1 Å². The van der Waals surface area contributed by atoms with Crippen LogP contribution in [0.4, 0.5) is 0 Å². The van der Waals surface area contributed by atoms with Gasteiger partial charge in [-0.3, -0.25) is 0 Å². The van der Waals surface area contributed by atoms with Crippen molar-refractivity contribution in [2.45, 2.75) is 48.8 Å². The van der Waals surface area contributed by atoms with Gasteiger partial charge < -0.3 is 10.1 Å². The Labute approximate surface area is 126 Å². The number of hydrogen-bond acceptors (Lipinski definition) is 3. The van der Waals surface area contributed by atoms with Crippen LogP contribution < -0.4 is 5.32 Å². The number of benzene rings is 1. The van der Waals surface area contributed by atoms with Crippen molar-refractivity contribution in [1.29, 1.82) is 0 Å². The van der Waals surface area contributed by atoms with Crippen LogP contribution in [0.2, 0.25) is 0 Å². The highest BCUT2D eigenvalue weighted by molar-refractivity contribution is 8.00. The third kappa shape index (κ3) is 3.38. The third-order valence-corrected chi connectivity index (χ3v) is 5.97. The molecule has 2 heterocycles. The molecular formula is C17H25NOS. The summed E-state index contributed by atoms with van der Waals surface area (Å²) >= 11 is 2.08. The van der Waals surface area contributed by atoms with Gasteiger partial charge in [0.25, 0.3) is 0 Å². The zero-order valence-corrected chi connectivity index (χ0v) is 13.1. The standard InChI is InChI=1S/C17H25NOS/c1-2-18-15(11-13-7-9-19-10-8-13)17-12-14-5-3-4-6-16(14)20-17/h3-6,13,15,17-18H,2,7-12H2,1H3. The van der Waals surface area contributed by atoms with Crippen molar-refractivity contribution in [3.05, 3.63) is 29.8 Å². The number of fused-ring (bicyclic) bond motifs is 1. The summed E-state index contributed by atoms with van der Waals surface area (Å²) in [5.41, 5.74) is 1.54. The normalized spacial score (nSPS) is 24.6. The average Bonchev–Trinajstić information content (AvgIpc) is 2.92. The Hall–Kier alpha value is -0.510. The summed E-state index contributed by atoms with van der Waals surface area (Å²) in [6, 6.07) is 9.54. The molecule has 3 rings (SSSR count). The Morgan fingerprint density at radius 2 is 2.10 bits per heavy atom. The van der Waals surface area contributed by atoms with E-state index in [1.54, 1.807) is 0 Å². The lowest BCUT2D eigenvalue weighted by atomic mass is 9.90. The quantitative estimate of drug-likeness (QED) is 0.897. The highest BCUT2D eigenvalue weighted by Crippen LogP contribution is 2.40. The zero-order valence-electron chi connectivity index (χ0n) is 12.3. The SMILES string of the molecule is CCNC(CC1CCOCC1)C1Cc2ccccc2S1. The van der Waals surface area contributed by atoms with Gasteiger partial charge >= 0.3 is 0 Å². The lowest BCUT2D eigenvalue weighted by molar-refractivity contribution is 0.0605. The Morgan fingerprint density at radius 3 is 2.85 bits per heavy atom. The first-order chi connectivity index (χ1) is 9.86. The molecule has 2 unspecified atom stereocenters. The van der Waals surface area contributed by atoms with Crippen molar-refractivity contribution in [2.75, 3.05) is 19.8 Å². The van der Waals surface area contributed by atoms with Crippen LogP contribution in [-0.2, 0) is 11.2 Å². The smallest absolute Gasteiger partial charge is 0.0468 e. The molecule has 0 aromatic heterocycles. The number of ether oxygens (including phenoxy) is 1. The average molecular weight is 291 g/mol. The van der Waals surface area contributed by atoms with Crippen molar-refractivity contribution in [2.24, 2.45) is 5.92 Å². The largest absolute Gasteiger partial charge is 0.381 e. The van der Waals surface area contributed by atoms with E-state index in [-0.39, 0.29) is 0 Å². The van der Waals surface area contributed by atoms with Gasteiger partial charge in [0, 0.05) is 29.4 Å². The molecule has 0 saturated carbocycles. The number of nitrogens with one attached hydrogen (secondary N) is 1. The molecule has 2 nitrogen and oxygen atoms in total. The number of rotatable bonds is 5. The summed E-state index contributed by atoms with van der Waals surface area (Å²) in [4.78, 5) is 1.49. The van der Waals surface area contributed by atoms with Crippen molar-refractivity contribution in [3.8, 4) is 0 Å². The molecule has 0 radical (unpaired) electrons. The van der Waals surface area contributed by atoms with Crippen LogP contribution in [-0.4, -0.2) is 31.1 Å². The fraction of sp³-hybridized carbons (Fsp3) is 0.647. The van der Waals surface area contributed by atoms with Gasteiger partial charge in [-0.2, -0.15) is 0 Å². The Balaban J connectivity index is 1.62. The van der Waals surface area contributed by atoms with Crippen LogP contribution in [0, 0.1) is 5.92 Å². The minimum Gasteiger partial charge on any atom is -0.381 e. The molecule has 1 N–H and O–H groups in total. The first-order valence-corrected chi connectivity index (χ1v) is 8.80. The monoisotopic (exact) mass is 291 g/mol. The van der Waals surface area contributed by atoms with Gasteiger partial charge in [0.1, 0.15) is 0 Å². The van der Waals surface area contributed by atoms with Crippen LogP contribution in [0.5, 0.6) is 0 Å². The summed E-state index contributed by atoms with van der Waals surface area (Å²) in [6.07, 6.45) is 5.02. The van der Waals surface area contributed by atoms with Gasteiger partial charge in [-0.15, -0.1) is 11.8 Å². The van der Waals surface area contributed by atoms with Gasteiger partial charge in [-0.05, 0) is 49.8 Å². The highest BCUT2D eigenvalue weighted by atomic mass is 32.2. The van der Waals surface area contributed by atoms with E-state index in [9.17, 15) is 0 Å². The molecule has 1 aromatic carbocycles. The Bertz CT molecular complexity index is 406. The molecule has 2 atom stereocenters. The Kier molecular flexibility index (Phi) is 5.03. The van der Waals surface area contributed by atoms with Gasteiger partial charge in [-0.25, -0.2) is 0 Å². The van der Waals surface area contributed by atoms with Crippen molar-refractivity contribution >= 4 is 11.8 Å². The van der Waals surface area contributed by atoms with Gasteiger partial charge in [0.05, 0.1) is 0 Å². The van der Waals surface area contributed by atoms with E-state index < -0.39 is 0 Å². The van der Waals surface area contributed by atoms with Crippen LogP contribution >= 0.6 is 11.8 Å². The molecule has 1 fully saturated rings. The van der Waals surface area contributed by atoms with Crippen LogP contribution in [0.1, 0.15) is 31.7 Å². The molecule has 2 aliphatic heterocycles. The van der Waals surface area contributed by atoms with E-state index in [1.165, 1.54) is 36.1 Å². The first-order valence-electron chi connectivity index (χ1n) is 7.92.